The molecule has 10 heteroatoms. The van der Waals surface area contributed by atoms with Crippen molar-refractivity contribution < 1.29 is 22.4 Å². The number of nitrogens with one attached hydrogen (secondary N) is 1. The van der Waals surface area contributed by atoms with E-state index in [1.54, 1.807) is 19.1 Å². The highest BCUT2D eigenvalue weighted by Crippen LogP contribution is 2.25. The molecule has 1 atom stereocenters. The van der Waals surface area contributed by atoms with Gasteiger partial charge in [-0.1, -0.05) is 52.7 Å². The summed E-state index contributed by atoms with van der Waals surface area (Å²) in [6.07, 6.45) is 0.727. The van der Waals surface area contributed by atoms with Crippen LogP contribution >= 0.6 is 15.9 Å². The van der Waals surface area contributed by atoms with E-state index in [1.165, 1.54) is 29.2 Å². The second-order valence-corrected chi connectivity index (χ2v) is 11.7. The quantitative estimate of drug-likeness (QED) is 0.333. The molecule has 1 N–H and O–H groups in total. The SMILES string of the molecule is CCCNC(=O)[C@@H](C)N(Cc1cccc(Br)c1)C(=O)CN(c1ccc(F)cc1)S(=O)(=O)c1ccc(C)cc1. The molecular weight excluding hydrogens is 573 g/mol. The van der Waals surface area contributed by atoms with Crippen LogP contribution in [-0.2, 0) is 26.2 Å². The van der Waals surface area contributed by atoms with E-state index in [1.807, 2.05) is 38.1 Å². The van der Waals surface area contributed by atoms with E-state index in [2.05, 4.69) is 21.2 Å². The van der Waals surface area contributed by atoms with Gasteiger partial charge < -0.3 is 10.2 Å². The smallest absolute Gasteiger partial charge is 0.264 e. The maximum absolute atomic E-state index is 13.8. The summed E-state index contributed by atoms with van der Waals surface area (Å²) in [5, 5.41) is 2.80. The molecule has 202 valence electrons. The number of anilines is 1. The average molecular weight is 605 g/mol. The van der Waals surface area contributed by atoms with Crippen molar-refractivity contribution in [1.29, 1.82) is 0 Å². The third kappa shape index (κ3) is 7.41. The maximum Gasteiger partial charge on any atom is 0.264 e. The molecule has 0 heterocycles. The van der Waals surface area contributed by atoms with Gasteiger partial charge in [-0.2, -0.15) is 0 Å². The lowest BCUT2D eigenvalue weighted by Gasteiger charge is -2.32. The number of hydrogen-bond acceptors (Lipinski definition) is 4. The number of rotatable bonds is 11. The molecule has 0 aliphatic rings. The predicted octanol–water partition coefficient (Wildman–Crippen LogP) is 5.04. The summed E-state index contributed by atoms with van der Waals surface area (Å²) < 4.78 is 42.9. The minimum atomic E-state index is -4.20. The zero-order chi connectivity index (χ0) is 27.9. The van der Waals surface area contributed by atoms with Crippen LogP contribution in [-0.4, -0.2) is 44.3 Å². The largest absolute Gasteiger partial charge is 0.354 e. The topological polar surface area (TPSA) is 86.8 Å². The molecule has 0 unspecified atom stereocenters. The number of benzene rings is 3. The number of hydrogen-bond donors (Lipinski definition) is 1. The molecule has 0 saturated carbocycles. The van der Waals surface area contributed by atoms with Gasteiger partial charge in [0.25, 0.3) is 10.0 Å². The summed E-state index contributed by atoms with van der Waals surface area (Å²) in [5.41, 5.74) is 1.77. The number of carbonyl (C=O) groups excluding carboxylic acids is 2. The Hall–Kier alpha value is -3.24. The summed E-state index contributed by atoms with van der Waals surface area (Å²) in [6.45, 7) is 5.32. The van der Waals surface area contributed by atoms with Crippen LogP contribution in [0.25, 0.3) is 0 Å². The van der Waals surface area contributed by atoms with E-state index in [0.29, 0.717) is 6.54 Å². The Morgan fingerprint density at radius 3 is 2.29 bits per heavy atom. The summed E-state index contributed by atoms with van der Waals surface area (Å²) in [7, 11) is -4.20. The number of sulfonamides is 1. The summed E-state index contributed by atoms with van der Waals surface area (Å²) in [5.74, 6) is -1.46. The first-order chi connectivity index (χ1) is 18.0. The molecule has 7 nitrogen and oxygen atoms in total. The van der Waals surface area contributed by atoms with Crippen molar-refractivity contribution in [3.8, 4) is 0 Å². The van der Waals surface area contributed by atoms with Crippen molar-refractivity contribution >= 4 is 43.5 Å². The first-order valence-electron chi connectivity index (χ1n) is 12.2. The van der Waals surface area contributed by atoms with Crippen LogP contribution in [0.15, 0.2) is 82.2 Å². The molecule has 3 rings (SSSR count). The van der Waals surface area contributed by atoms with Crippen molar-refractivity contribution in [3.63, 3.8) is 0 Å². The first kappa shape index (κ1) is 29.3. The van der Waals surface area contributed by atoms with Crippen LogP contribution < -0.4 is 9.62 Å². The molecule has 2 amide bonds. The van der Waals surface area contributed by atoms with Crippen molar-refractivity contribution in [1.82, 2.24) is 10.2 Å². The van der Waals surface area contributed by atoms with Gasteiger partial charge in [0.2, 0.25) is 11.8 Å². The zero-order valence-electron chi connectivity index (χ0n) is 21.5. The van der Waals surface area contributed by atoms with E-state index in [0.717, 1.165) is 38.5 Å². The molecule has 0 saturated heterocycles. The minimum absolute atomic E-state index is 0.00694. The van der Waals surface area contributed by atoms with Gasteiger partial charge in [0, 0.05) is 17.6 Å². The molecule has 0 aromatic heterocycles. The van der Waals surface area contributed by atoms with Crippen molar-refractivity contribution in [2.75, 3.05) is 17.4 Å². The zero-order valence-corrected chi connectivity index (χ0v) is 23.9. The molecular formula is C28H31BrFN3O4S. The van der Waals surface area contributed by atoms with Crippen molar-refractivity contribution in [3.05, 3.63) is 94.2 Å². The van der Waals surface area contributed by atoms with Crippen LogP contribution in [0.3, 0.4) is 0 Å². The summed E-state index contributed by atoms with van der Waals surface area (Å²) >= 11 is 3.42. The Morgan fingerprint density at radius 1 is 1.03 bits per heavy atom. The lowest BCUT2D eigenvalue weighted by atomic mass is 10.1. The Labute approximate surface area is 231 Å². The van der Waals surface area contributed by atoms with Gasteiger partial charge in [-0.15, -0.1) is 0 Å². The molecule has 3 aromatic rings. The highest BCUT2D eigenvalue weighted by atomic mass is 79.9. The van der Waals surface area contributed by atoms with Crippen molar-refractivity contribution in [2.45, 2.75) is 44.7 Å². The van der Waals surface area contributed by atoms with Crippen LogP contribution in [0.1, 0.15) is 31.4 Å². The van der Waals surface area contributed by atoms with Gasteiger partial charge >= 0.3 is 0 Å². The van der Waals surface area contributed by atoms with E-state index < -0.39 is 34.3 Å². The van der Waals surface area contributed by atoms with Gasteiger partial charge in [-0.25, -0.2) is 12.8 Å². The second kappa shape index (κ2) is 13.0. The minimum Gasteiger partial charge on any atom is -0.354 e. The van der Waals surface area contributed by atoms with E-state index in [-0.39, 0.29) is 23.0 Å². The number of halogens is 2. The molecule has 0 spiro atoms. The number of nitrogens with zero attached hydrogens (tertiary/aromatic N) is 2. The van der Waals surface area contributed by atoms with Gasteiger partial charge in [0.05, 0.1) is 10.6 Å². The van der Waals surface area contributed by atoms with E-state index in [4.69, 9.17) is 0 Å². The van der Waals surface area contributed by atoms with Crippen LogP contribution in [0.5, 0.6) is 0 Å². The predicted molar refractivity (Wildman–Crippen MR) is 150 cm³/mol. The molecule has 0 bridgehead atoms. The Balaban J connectivity index is 2.01. The molecule has 0 aliphatic carbocycles. The van der Waals surface area contributed by atoms with Gasteiger partial charge in [0.1, 0.15) is 18.4 Å². The monoisotopic (exact) mass is 603 g/mol. The third-order valence-electron chi connectivity index (χ3n) is 5.96. The fraction of sp³-hybridized carbons (Fsp3) is 0.286. The highest BCUT2D eigenvalue weighted by molar-refractivity contribution is 9.10. The van der Waals surface area contributed by atoms with Gasteiger partial charge in [-0.3, -0.25) is 13.9 Å². The molecule has 0 aliphatic heterocycles. The maximum atomic E-state index is 13.8. The summed E-state index contributed by atoms with van der Waals surface area (Å²) in [6, 6.07) is 17.6. The first-order valence-corrected chi connectivity index (χ1v) is 14.4. The lowest BCUT2D eigenvalue weighted by molar-refractivity contribution is -0.139. The fourth-order valence-corrected chi connectivity index (χ4v) is 5.64. The van der Waals surface area contributed by atoms with Gasteiger partial charge in [-0.05, 0) is 74.4 Å². The van der Waals surface area contributed by atoms with Crippen LogP contribution in [0.4, 0.5) is 10.1 Å². The molecule has 0 radical (unpaired) electrons. The van der Waals surface area contributed by atoms with Gasteiger partial charge in [0.15, 0.2) is 0 Å². The second-order valence-electron chi connectivity index (χ2n) is 8.92. The van der Waals surface area contributed by atoms with Crippen molar-refractivity contribution in [2.24, 2.45) is 0 Å². The van der Waals surface area contributed by atoms with Crippen LogP contribution in [0.2, 0.25) is 0 Å². The van der Waals surface area contributed by atoms with Crippen LogP contribution in [0, 0.1) is 12.7 Å². The Morgan fingerprint density at radius 2 is 1.68 bits per heavy atom. The summed E-state index contributed by atoms with van der Waals surface area (Å²) in [4.78, 5) is 28.0. The van der Waals surface area contributed by atoms with E-state index >= 15 is 0 Å². The number of aryl methyl sites for hydroxylation is 1. The Bertz CT molecular complexity index is 1370. The van der Waals surface area contributed by atoms with E-state index in [9.17, 15) is 22.4 Å². The highest BCUT2D eigenvalue weighted by Gasteiger charge is 2.32. The molecule has 38 heavy (non-hydrogen) atoms. The Kier molecular flexibility index (Phi) is 10.0. The average Bonchev–Trinajstić information content (AvgIpc) is 2.89. The normalized spacial score (nSPS) is 12.0. The third-order valence-corrected chi connectivity index (χ3v) is 8.24. The number of amides is 2. The standard InChI is InChI=1S/C28H31BrFN3O4S/c1-4-16-31-28(35)21(3)32(18-22-6-5-7-23(29)17-22)27(34)19-33(25-12-10-24(30)11-13-25)38(36,37)26-14-8-20(2)9-15-26/h5-15,17,21H,4,16,18-19H2,1-3H3,(H,31,35)/t21-/m1/s1. The molecule has 0 fully saturated rings. The lowest BCUT2D eigenvalue weighted by Crippen LogP contribution is -2.51. The fourth-order valence-electron chi connectivity index (χ4n) is 3.78. The number of carbonyl (C=O) groups is 2. The molecule has 3 aromatic carbocycles.